The molecular formula is C13H17BrN4. The van der Waals surface area contributed by atoms with Crippen molar-refractivity contribution in [1.29, 1.82) is 0 Å². The summed E-state index contributed by atoms with van der Waals surface area (Å²) in [6.07, 6.45) is 10.8. The van der Waals surface area contributed by atoms with Crippen molar-refractivity contribution >= 4 is 27.4 Å². The average molecular weight is 309 g/mol. The number of halogens is 1. The second-order valence-corrected chi connectivity index (χ2v) is 6.00. The SMILES string of the molecule is CC1CCCC(Nc2nc(Br)cn3ccnc23)C1. The predicted octanol–water partition coefficient (Wildman–Crippen LogP) is 3.48. The van der Waals surface area contributed by atoms with Gasteiger partial charge in [-0.15, -0.1) is 0 Å². The van der Waals surface area contributed by atoms with E-state index in [0.717, 1.165) is 22.0 Å². The lowest BCUT2D eigenvalue weighted by atomic mass is 9.87. The van der Waals surface area contributed by atoms with Crippen molar-refractivity contribution in [3.63, 3.8) is 0 Å². The van der Waals surface area contributed by atoms with Crippen molar-refractivity contribution in [1.82, 2.24) is 14.4 Å². The Morgan fingerprint density at radius 1 is 1.44 bits per heavy atom. The molecule has 1 saturated carbocycles. The second kappa shape index (κ2) is 4.88. The van der Waals surface area contributed by atoms with E-state index in [9.17, 15) is 0 Å². The van der Waals surface area contributed by atoms with E-state index in [2.05, 4.69) is 38.1 Å². The summed E-state index contributed by atoms with van der Waals surface area (Å²) in [5.41, 5.74) is 0.899. The van der Waals surface area contributed by atoms with Crippen LogP contribution in [0, 0.1) is 5.92 Å². The zero-order valence-electron chi connectivity index (χ0n) is 10.4. The zero-order chi connectivity index (χ0) is 12.5. The van der Waals surface area contributed by atoms with Gasteiger partial charge >= 0.3 is 0 Å². The number of hydrogen-bond acceptors (Lipinski definition) is 3. The molecule has 0 saturated heterocycles. The fourth-order valence-electron chi connectivity index (χ4n) is 2.76. The molecule has 18 heavy (non-hydrogen) atoms. The van der Waals surface area contributed by atoms with Crippen LogP contribution >= 0.6 is 15.9 Å². The van der Waals surface area contributed by atoms with E-state index in [4.69, 9.17) is 0 Å². The van der Waals surface area contributed by atoms with Gasteiger partial charge in [0.1, 0.15) is 4.60 Å². The summed E-state index contributed by atoms with van der Waals surface area (Å²) in [5, 5.41) is 3.56. The molecule has 2 aromatic rings. The lowest BCUT2D eigenvalue weighted by Gasteiger charge is -2.27. The standard InChI is InChI=1S/C13H17BrN4/c1-9-3-2-4-10(7-9)16-12-13-15-5-6-18(13)8-11(14)17-12/h5-6,8-10H,2-4,7H2,1H3,(H,16,17). The van der Waals surface area contributed by atoms with Gasteiger partial charge in [-0.3, -0.25) is 0 Å². The van der Waals surface area contributed by atoms with Crippen LogP contribution in [0.2, 0.25) is 0 Å². The fraction of sp³-hybridized carbons (Fsp3) is 0.538. The number of rotatable bonds is 2. The Labute approximate surface area is 115 Å². The quantitative estimate of drug-likeness (QED) is 0.923. The van der Waals surface area contributed by atoms with Gasteiger partial charge in [-0.05, 0) is 34.7 Å². The maximum absolute atomic E-state index is 4.51. The summed E-state index contributed by atoms with van der Waals surface area (Å²) in [6.45, 7) is 2.33. The van der Waals surface area contributed by atoms with Crippen molar-refractivity contribution in [2.24, 2.45) is 5.92 Å². The van der Waals surface area contributed by atoms with Gasteiger partial charge in [-0.1, -0.05) is 19.8 Å². The van der Waals surface area contributed by atoms with Crippen LogP contribution in [-0.2, 0) is 0 Å². The first-order chi connectivity index (χ1) is 8.72. The normalized spacial score (nSPS) is 24.3. The Balaban J connectivity index is 1.87. The number of imidazole rings is 1. The molecule has 1 N–H and O–H groups in total. The first kappa shape index (κ1) is 12.0. The van der Waals surface area contributed by atoms with E-state index in [1.54, 1.807) is 6.20 Å². The number of fused-ring (bicyclic) bond motifs is 1. The minimum Gasteiger partial charge on any atom is -0.364 e. The van der Waals surface area contributed by atoms with Crippen molar-refractivity contribution < 1.29 is 0 Å². The summed E-state index contributed by atoms with van der Waals surface area (Å²) >= 11 is 3.44. The zero-order valence-corrected chi connectivity index (χ0v) is 12.0. The molecule has 0 aliphatic heterocycles. The van der Waals surface area contributed by atoms with Gasteiger partial charge in [0, 0.05) is 24.6 Å². The van der Waals surface area contributed by atoms with Crippen LogP contribution in [0.25, 0.3) is 5.65 Å². The number of nitrogens with zero attached hydrogens (tertiary/aromatic N) is 3. The summed E-state index contributed by atoms with van der Waals surface area (Å²) in [4.78, 5) is 8.88. The van der Waals surface area contributed by atoms with E-state index >= 15 is 0 Å². The van der Waals surface area contributed by atoms with Gasteiger partial charge < -0.3 is 9.72 Å². The summed E-state index contributed by atoms with van der Waals surface area (Å²) < 4.78 is 2.82. The monoisotopic (exact) mass is 308 g/mol. The topological polar surface area (TPSA) is 42.2 Å². The molecule has 5 heteroatoms. The average Bonchev–Trinajstić information content (AvgIpc) is 2.77. The number of aromatic nitrogens is 3. The van der Waals surface area contributed by atoms with Gasteiger partial charge in [-0.25, -0.2) is 9.97 Å². The highest BCUT2D eigenvalue weighted by atomic mass is 79.9. The Bertz CT molecular complexity index is 551. The second-order valence-electron chi connectivity index (χ2n) is 5.18. The third kappa shape index (κ3) is 2.36. The van der Waals surface area contributed by atoms with Crippen molar-refractivity contribution in [3.8, 4) is 0 Å². The number of anilines is 1. The summed E-state index contributed by atoms with van der Waals surface area (Å²) in [5.74, 6) is 1.69. The molecule has 2 heterocycles. The minimum absolute atomic E-state index is 0.524. The first-order valence-electron chi connectivity index (χ1n) is 6.48. The largest absolute Gasteiger partial charge is 0.364 e. The highest BCUT2D eigenvalue weighted by Crippen LogP contribution is 2.27. The van der Waals surface area contributed by atoms with Crippen LogP contribution in [0.3, 0.4) is 0 Å². The highest BCUT2D eigenvalue weighted by molar-refractivity contribution is 9.10. The molecule has 2 aromatic heterocycles. The van der Waals surface area contributed by atoms with Crippen LogP contribution in [0.1, 0.15) is 32.6 Å². The van der Waals surface area contributed by atoms with E-state index in [1.807, 2.05) is 16.8 Å². The maximum Gasteiger partial charge on any atom is 0.180 e. The van der Waals surface area contributed by atoms with Gasteiger partial charge in [0.15, 0.2) is 11.5 Å². The Morgan fingerprint density at radius 3 is 3.17 bits per heavy atom. The molecule has 0 bridgehead atoms. The molecule has 1 fully saturated rings. The minimum atomic E-state index is 0.524. The van der Waals surface area contributed by atoms with E-state index in [0.29, 0.717) is 6.04 Å². The van der Waals surface area contributed by atoms with Crippen molar-refractivity contribution in [2.75, 3.05) is 5.32 Å². The lowest BCUT2D eigenvalue weighted by Crippen LogP contribution is -2.27. The van der Waals surface area contributed by atoms with Gasteiger partial charge in [0.05, 0.1) is 0 Å². The first-order valence-corrected chi connectivity index (χ1v) is 7.27. The van der Waals surface area contributed by atoms with E-state index in [-0.39, 0.29) is 0 Å². The molecule has 0 radical (unpaired) electrons. The molecule has 2 atom stereocenters. The molecule has 96 valence electrons. The van der Waals surface area contributed by atoms with Gasteiger partial charge in [0.2, 0.25) is 0 Å². The van der Waals surface area contributed by atoms with Crippen LogP contribution < -0.4 is 5.32 Å². The molecule has 0 spiro atoms. The summed E-state index contributed by atoms with van der Waals surface area (Å²) in [6, 6.07) is 0.524. The van der Waals surface area contributed by atoms with Crippen LogP contribution in [0.5, 0.6) is 0 Å². The Morgan fingerprint density at radius 2 is 2.33 bits per heavy atom. The Hall–Kier alpha value is -1.10. The lowest BCUT2D eigenvalue weighted by molar-refractivity contribution is 0.358. The molecule has 0 amide bonds. The smallest absolute Gasteiger partial charge is 0.180 e. The van der Waals surface area contributed by atoms with Gasteiger partial charge in [0.25, 0.3) is 0 Å². The predicted molar refractivity (Wildman–Crippen MR) is 75.7 cm³/mol. The van der Waals surface area contributed by atoms with Crippen LogP contribution in [0.15, 0.2) is 23.2 Å². The highest BCUT2D eigenvalue weighted by Gasteiger charge is 2.20. The Kier molecular flexibility index (Phi) is 3.24. The fourth-order valence-corrected chi connectivity index (χ4v) is 3.15. The van der Waals surface area contributed by atoms with Crippen LogP contribution in [0.4, 0.5) is 5.82 Å². The van der Waals surface area contributed by atoms with Crippen molar-refractivity contribution in [3.05, 3.63) is 23.2 Å². The molecule has 1 aliphatic carbocycles. The van der Waals surface area contributed by atoms with E-state index < -0.39 is 0 Å². The van der Waals surface area contributed by atoms with Crippen molar-refractivity contribution in [2.45, 2.75) is 38.6 Å². The number of hydrogen-bond donors (Lipinski definition) is 1. The molecule has 0 aromatic carbocycles. The molecule has 2 unspecified atom stereocenters. The van der Waals surface area contributed by atoms with Gasteiger partial charge in [-0.2, -0.15) is 0 Å². The molecule has 1 aliphatic rings. The summed E-state index contributed by atoms with van der Waals surface area (Å²) in [7, 11) is 0. The molecule has 3 rings (SSSR count). The maximum atomic E-state index is 4.51. The van der Waals surface area contributed by atoms with Crippen LogP contribution in [-0.4, -0.2) is 20.4 Å². The third-order valence-electron chi connectivity index (χ3n) is 3.62. The molecular weight excluding hydrogens is 292 g/mol. The third-order valence-corrected chi connectivity index (χ3v) is 4.00. The number of nitrogens with one attached hydrogen (secondary N) is 1. The van der Waals surface area contributed by atoms with E-state index in [1.165, 1.54) is 25.7 Å². The molecule has 4 nitrogen and oxygen atoms in total.